The van der Waals surface area contributed by atoms with Gasteiger partial charge >= 0.3 is 5.97 Å². The number of hydrogen-bond acceptors (Lipinski definition) is 5. The zero-order chi connectivity index (χ0) is 17.6. The maximum atomic E-state index is 10.9. The van der Waals surface area contributed by atoms with E-state index in [1.165, 1.54) is 11.5 Å². The number of aromatic nitrogens is 2. The van der Waals surface area contributed by atoms with Crippen molar-refractivity contribution in [3.8, 4) is 22.2 Å². The molecule has 4 rings (SSSR count). The molecule has 2 aromatic heterocycles. The molecule has 0 radical (unpaired) electrons. The van der Waals surface area contributed by atoms with Gasteiger partial charge in [-0.3, -0.25) is 0 Å². The molecule has 0 spiro atoms. The van der Waals surface area contributed by atoms with Crippen molar-refractivity contribution < 1.29 is 14.3 Å². The van der Waals surface area contributed by atoms with Crippen molar-refractivity contribution >= 4 is 28.5 Å². The molecule has 0 aliphatic rings. The highest BCUT2D eigenvalue weighted by atomic mass is 32.1. The first-order valence-electron chi connectivity index (χ1n) is 7.70. The molecule has 0 unspecified atom stereocenters. The third-order valence-electron chi connectivity index (χ3n) is 4.13. The van der Waals surface area contributed by atoms with E-state index in [0.717, 1.165) is 27.7 Å². The van der Waals surface area contributed by atoms with Gasteiger partial charge in [-0.25, -0.2) is 9.78 Å². The third-order valence-corrected chi connectivity index (χ3v) is 4.85. The van der Waals surface area contributed by atoms with Gasteiger partial charge in [0.15, 0.2) is 16.6 Å². The van der Waals surface area contributed by atoms with Gasteiger partial charge in [0.2, 0.25) is 0 Å². The van der Waals surface area contributed by atoms with Crippen LogP contribution in [0.25, 0.3) is 33.1 Å². The number of carboxylic acids is 1. The Morgan fingerprint density at radius 1 is 1.08 bits per heavy atom. The predicted octanol–water partition coefficient (Wildman–Crippen LogP) is 4.93. The van der Waals surface area contributed by atoms with Crippen LogP contribution in [0.1, 0.15) is 21.5 Å². The van der Waals surface area contributed by atoms with Gasteiger partial charge in [-0.05, 0) is 54.7 Å². The van der Waals surface area contributed by atoms with Crippen LogP contribution in [-0.2, 0) is 0 Å². The number of carboxylic acid groups (broad SMARTS) is 1. The lowest BCUT2D eigenvalue weighted by Crippen LogP contribution is -1.95. The molecule has 0 amide bonds. The Kier molecular flexibility index (Phi) is 3.62. The maximum absolute atomic E-state index is 10.9. The lowest BCUT2D eigenvalue weighted by atomic mass is 10.1. The summed E-state index contributed by atoms with van der Waals surface area (Å²) >= 11 is 1.26. The molecule has 0 bridgehead atoms. The summed E-state index contributed by atoms with van der Waals surface area (Å²) in [4.78, 5) is 15.5. The van der Waals surface area contributed by atoms with E-state index in [-0.39, 0.29) is 5.56 Å². The molecule has 25 heavy (non-hydrogen) atoms. The molecule has 5 nitrogen and oxygen atoms in total. The Morgan fingerprint density at radius 3 is 2.48 bits per heavy atom. The van der Waals surface area contributed by atoms with Crippen molar-refractivity contribution in [1.82, 2.24) is 9.36 Å². The number of hydrogen-bond donors (Lipinski definition) is 1. The normalized spacial score (nSPS) is 11.1. The van der Waals surface area contributed by atoms with E-state index in [0.29, 0.717) is 16.6 Å². The molecule has 0 aliphatic heterocycles. The Balaban J connectivity index is 1.73. The van der Waals surface area contributed by atoms with Crippen molar-refractivity contribution in [2.75, 3.05) is 0 Å². The number of fused-ring (bicyclic) bond motifs is 1. The van der Waals surface area contributed by atoms with E-state index in [1.807, 2.05) is 19.1 Å². The molecule has 1 N–H and O–H groups in total. The van der Waals surface area contributed by atoms with Crippen molar-refractivity contribution in [2.45, 2.75) is 13.8 Å². The van der Waals surface area contributed by atoms with E-state index in [9.17, 15) is 4.79 Å². The molecule has 0 atom stereocenters. The van der Waals surface area contributed by atoms with E-state index >= 15 is 0 Å². The first kappa shape index (κ1) is 15.5. The fourth-order valence-corrected chi connectivity index (χ4v) is 3.34. The van der Waals surface area contributed by atoms with Gasteiger partial charge in [-0.15, -0.1) is 0 Å². The van der Waals surface area contributed by atoms with Crippen LogP contribution < -0.4 is 0 Å². The minimum absolute atomic E-state index is 0.238. The number of furan rings is 1. The first-order valence-corrected chi connectivity index (χ1v) is 8.48. The highest BCUT2D eigenvalue weighted by Crippen LogP contribution is 2.33. The van der Waals surface area contributed by atoms with Crippen LogP contribution in [0.2, 0.25) is 0 Å². The van der Waals surface area contributed by atoms with E-state index in [1.54, 1.807) is 24.3 Å². The number of aryl methyl sites for hydroxylation is 2. The van der Waals surface area contributed by atoms with Gasteiger partial charge < -0.3 is 9.52 Å². The van der Waals surface area contributed by atoms with Gasteiger partial charge in [0.05, 0.1) is 5.56 Å². The molecule has 2 heterocycles. The monoisotopic (exact) mass is 350 g/mol. The van der Waals surface area contributed by atoms with Crippen LogP contribution in [0.3, 0.4) is 0 Å². The Bertz CT molecular complexity index is 1050. The standard InChI is InChI=1S/C19H14N2O3S/c1-10-3-4-11(2)16-14(10)9-15(24-16)18-20-17(21-25-18)12-5-7-13(8-6-12)19(22)23/h3-9H,1-2H3,(H,22,23). The molecule has 0 saturated carbocycles. The van der Waals surface area contributed by atoms with Gasteiger partial charge in [0.25, 0.3) is 0 Å². The Labute approximate surface area is 147 Å². The molecular formula is C19H14N2O3S. The summed E-state index contributed by atoms with van der Waals surface area (Å²) in [7, 11) is 0. The summed E-state index contributed by atoms with van der Waals surface area (Å²) in [6.45, 7) is 4.07. The van der Waals surface area contributed by atoms with Gasteiger partial charge in [0, 0.05) is 10.9 Å². The number of benzene rings is 2. The molecule has 6 heteroatoms. The second-order valence-corrected chi connectivity index (χ2v) is 6.61. The van der Waals surface area contributed by atoms with Crippen LogP contribution in [0.4, 0.5) is 0 Å². The van der Waals surface area contributed by atoms with Crippen LogP contribution >= 0.6 is 11.5 Å². The van der Waals surface area contributed by atoms with Gasteiger partial charge in [0.1, 0.15) is 5.58 Å². The largest absolute Gasteiger partial charge is 0.478 e. The summed E-state index contributed by atoms with van der Waals surface area (Å²) in [6, 6.07) is 12.6. The number of carbonyl (C=O) groups is 1. The molecular weight excluding hydrogens is 336 g/mol. The summed E-state index contributed by atoms with van der Waals surface area (Å²) in [6.07, 6.45) is 0. The van der Waals surface area contributed by atoms with Crippen LogP contribution in [0.15, 0.2) is 46.9 Å². The van der Waals surface area contributed by atoms with E-state index < -0.39 is 5.97 Å². The van der Waals surface area contributed by atoms with Crippen LogP contribution in [0, 0.1) is 13.8 Å². The summed E-state index contributed by atoms with van der Waals surface area (Å²) in [5, 5.41) is 10.8. The van der Waals surface area contributed by atoms with E-state index in [4.69, 9.17) is 9.52 Å². The van der Waals surface area contributed by atoms with Crippen molar-refractivity contribution in [1.29, 1.82) is 0 Å². The second kappa shape index (κ2) is 5.82. The number of rotatable bonds is 3. The van der Waals surface area contributed by atoms with Crippen molar-refractivity contribution in [3.05, 3.63) is 59.2 Å². The zero-order valence-electron chi connectivity index (χ0n) is 13.6. The molecule has 4 aromatic rings. The minimum atomic E-state index is -0.952. The average Bonchev–Trinajstić information content (AvgIpc) is 3.26. The molecule has 0 aliphatic carbocycles. The topological polar surface area (TPSA) is 76.2 Å². The van der Waals surface area contributed by atoms with Gasteiger partial charge in [-0.1, -0.05) is 24.3 Å². The Morgan fingerprint density at radius 2 is 1.80 bits per heavy atom. The lowest BCUT2D eigenvalue weighted by molar-refractivity contribution is 0.0697. The quantitative estimate of drug-likeness (QED) is 0.567. The Hall–Kier alpha value is -2.99. The third kappa shape index (κ3) is 2.70. The van der Waals surface area contributed by atoms with E-state index in [2.05, 4.69) is 22.3 Å². The summed E-state index contributed by atoms with van der Waals surface area (Å²) < 4.78 is 10.4. The zero-order valence-corrected chi connectivity index (χ0v) is 14.4. The van der Waals surface area contributed by atoms with Gasteiger partial charge in [-0.2, -0.15) is 4.37 Å². The smallest absolute Gasteiger partial charge is 0.335 e. The highest BCUT2D eigenvalue weighted by Gasteiger charge is 2.15. The van der Waals surface area contributed by atoms with Crippen molar-refractivity contribution in [3.63, 3.8) is 0 Å². The number of nitrogens with zero attached hydrogens (tertiary/aromatic N) is 2. The average molecular weight is 350 g/mol. The van der Waals surface area contributed by atoms with Crippen LogP contribution in [-0.4, -0.2) is 20.4 Å². The fraction of sp³-hybridized carbons (Fsp3) is 0.105. The minimum Gasteiger partial charge on any atom is -0.478 e. The SMILES string of the molecule is Cc1ccc(C)c2oc(-c3nc(-c4ccc(C(=O)O)cc4)ns3)cc12. The second-order valence-electron chi connectivity index (χ2n) is 5.86. The van der Waals surface area contributed by atoms with Crippen molar-refractivity contribution in [2.24, 2.45) is 0 Å². The lowest BCUT2D eigenvalue weighted by Gasteiger charge is -1.97. The molecule has 0 fully saturated rings. The maximum Gasteiger partial charge on any atom is 0.335 e. The summed E-state index contributed by atoms with van der Waals surface area (Å²) in [5.74, 6) is 0.302. The first-order chi connectivity index (χ1) is 12.0. The molecule has 2 aromatic carbocycles. The molecule has 124 valence electrons. The number of aromatic carboxylic acids is 1. The predicted molar refractivity (Wildman–Crippen MR) is 97.0 cm³/mol. The fourth-order valence-electron chi connectivity index (χ4n) is 2.70. The van der Waals surface area contributed by atoms with Crippen LogP contribution in [0.5, 0.6) is 0 Å². The summed E-state index contributed by atoms with van der Waals surface area (Å²) in [5.41, 5.74) is 4.13. The highest BCUT2D eigenvalue weighted by molar-refractivity contribution is 7.09. The molecule has 0 saturated heterocycles.